The molecule has 0 unspecified atom stereocenters. The molecule has 0 fully saturated rings. The molecule has 2 aliphatic rings. The van der Waals surface area contributed by atoms with Gasteiger partial charge in [0.1, 0.15) is 0 Å². The number of nitrogens with zero attached hydrogens (tertiary/aromatic N) is 1. The van der Waals surface area contributed by atoms with Crippen LogP contribution in [0, 0.1) is 0 Å². The number of nitrogens with one attached hydrogen (secondary N) is 2. The Morgan fingerprint density at radius 2 is 2.46 bits per heavy atom. The highest BCUT2D eigenvalue weighted by molar-refractivity contribution is 7.98. The first-order valence-electron chi connectivity index (χ1n) is 4.68. The molecule has 1 aromatic heterocycles. The number of anilines is 1. The summed E-state index contributed by atoms with van der Waals surface area (Å²) in [5, 5.41) is 6.74. The Labute approximate surface area is 81.9 Å². The van der Waals surface area contributed by atoms with E-state index in [9.17, 15) is 0 Å². The number of hydrogen-bond acceptors (Lipinski definition) is 3. The van der Waals surface area contributed by atoms with Gasteiger partial charge in [-0.15, -0.1) is 0 Å². The second kappa shape index (κ2) is 2.96. The van der Waals surface area contributed by atoms with Crippen LogP contribution in [0.2, 0.25) is 0 Å². The van der Waals surface area contributed by atoms with Gasteiger partial charge in [-0.1, -0.05) is 0 Å². The number of rotatable bonds is 0. The average Bonchev–Trinajstić information content (AvgIpc) is 2.56. The first-order valence-corrected chi connectivity index (χ1v) is 5.84. The quantitative estimate of drug-likeness (QED) is 0.652. The van der Waals surface area contributed by atoms with E-state index >= 15 is 0 Å². The summed E-state index contributed by atoms with van der Waals surface area (Å²) < 4.78 is 2.40. The summed E-state index contributed by atoms with van der Waals surface area (Å²) in [4.78, 5) is 0. The smallest absolute Gasteiger partial charge is 0.0656 e. The van der Waals surface area contributed by atoms with Crippen LogP contribution in [0.25, 0.3) is 0 Å². The van der Waals surface area contributed by atoms with Crippen molar-refractivity contribution in [3.05, 3.63) is 17.5 Å². The van der Waals surface area contributed by atoms with Gasteiger partial charge >= 0.3 is 0 Å². The lowest BCUT2D eigenvalue weighted by Gasteiger charge is -2.19. The first kappa shape index (κ1) is 7.76. The molecule has 0 saturated carbocycles. The number of aromatic nitrogens is 1. The van der Waals surface area contributed by atoms with E-state index in [4.69, 9.17) is 0 Å². The van der Waals surface area contributed by atoms with Gasteiger partial charge in [0.15, 0.2) is 0 Å². The highest BCUT2D eigenvalue weighted by Crippen LogP contribution is 2.31. The van der Waals surface area contributed by atoms with Crippen LogP contribution in [0.3, 0.4) is 0 Å². The summed E-state index contributed by atoms with van der Waals surface area (Å²) in [7, 11) is 0. The monoisotopic (exact) mass is 195 g/mol. The molecule has 4 heteroatoms. The second-order valence-corrected chi connectivity index (χ2v) is 4.61. The predicted octanol–water partition coefficient (Wildman–Crippen LogP) is 1.21. The molecule has 0 radical (unpaired) electrons. The molecular formula is C9H13N3S. The fraction of sp³-hybridized carbons (Fsp3) is 0.556. The van der Waals surface area contributed by atoms with Gasteiger partial charge in [-0.05, 0) is 0 Å². The van der Waals surface area contributed by atoms with E-state index in [1.165, 1.54) is 35.0 Å². The molecular weight excluding hydrogens is 182 g/mol. The van der Waals surface area contributed by atoms with Crippen LogP contribution >= 0.6 is 11.8 Å². The van der Waals surface area contributed by atoms with Crippen LogP contribution in [-0.4, -0.2) is 17.0 Å². The molecule has 0 aliphatic carbocycles. The molecule has 1 aromatic rings. The number of fused-ring (bicyclic) bond motifs is 3. The third-order valence-electron chi connectivity index (χ3n) is 2.69. The number of aryl methyl sites for hydroxylation is 1. The summed E-state index contributed by atoms with van der Waals surface area (Å²) in [5.74, 6) is 2.43. The highest BCUT2D eigenvalue weighted by atomic mass is 32.2. The minimum Gasteiger partial charge on any atom is -0.371 e. The molecule has 0 bridgehead atoms. The third-order valence-corrected chi connectivity index (χ3v) is 3.64. The largest absolute Gasteiger partial charge is 0.371 e. The van der Waals surface area contributed by atoms with Crippen LogP contribution in [-0.2, 0) is 18.8 Å². The van der Waals surface area contributed by atoms with Crippen molar-refractivity contribution in [1.82, 2.24) is 9.88 Å². The molecule has 0 amide bonds. The Morgan fingerprint density at radius 1 is 1.46 bits per heavy atom. The second-order valence-electron chi connectivity index (χ2n) is 3.50. The van der Waals surface area contributed by atoms with Crippen molar-refractivity contribution in [3.8, 4) is 0 Å². The zero-order valence-corrected chi connectivity index (χ0v) is 8.28. The van der Waals surface area contributed by atoms with E-state index in [-0.39, 0.29) is 0 Å². The van der Waals surface area contributed by atoms with Gasteiger partial charge < -0.3 is 9.88 Å². The Morgan fingerprint density at radius 3 is 3.46 bits per heavy atom. The minimum atomic E-state index is 0.911. The molecule has 0 spiro atoms. The maximum atomic E-state index is 3.43. The number of thioether (sulfide) groups is 1. The summed E-state index contributed by atoms with van der Waals surface area (Å²) >= 11 is 2.03. The zero-order valence-electron chi connectivity index (χ0n) is 7.47. The molecule has 0 atom stereocenters. The van der Waals surface area contributed by atoms with Crippen LogP contribution in [0.1, 0.15) is 11.3 Å². The van der Waals surface area contributed by atoms with E-state index in [2.05, 4.69) is 21.4 Å². The Balaban J connectivity index is 2.09. The van der Waals surface area contributed by atoms with Crippen molar-refractivity contribution < 1.29 is 0 Å². The maximum absolute atomic E-state index is 3.43. The van der Waals surface area contributed by atoms with Gasteiger partial charge in [0.2, 0.25) is 0 Å². The topological polar surface area (TPSA) is 29.0 Å². The van der Waals surface area contributed by atoms with Gasteiger partial charge in [-0.2, -0.15) is 11.8 Å². The van der Waals surface area contributed by atoms with E-state index < -0.39 is 0 Å². The van der Waals surface area contributed by atoms with Crippen molar-refractivity contribution >= 4 is 17.4 Å². The third kappa shape index (κ3) is 1.16. The van der Waals surface area contributed by atoms with E-state index in [1.54, 1.807) is 0 Å². The Kier molecular flexibility index (Phi) is 1.77. The van der Waals surface area contributed by atoms with Crippen molar-refractivity contribution in [2.24, 2.45) is 0 Å². The standard InChI is InChI=1S/C9H13N3S/c1-2-13-5-8-9-7(4-12(1)8)3-10-6-11-9/h4,10-11H,1-3,5-6H2. The molecule has 2 aliphatic heterocycles. The number of hydrogen-bond donors (Lipinski definition) is 2. The van der Waals surface area contributed by atoms with Crippen LogP contribution in [0.5, 0.6) is 0 Å². The molecule has 13 heavy (non-hydrogen) atoms. The summed E-state index contributed by atoms with van der Waals surface area (Å²) in [6.45, 7) is 3.11. The van der Waals surface area contributed by atoms with Gasteiger partial charge in [-0.3, -0.25) is 5.32 Å². The Hall–Kier alpha value is -0.610. The fourth-order valence-electron chi connectivity index (χ4n) is 2.04. The summed E-state index contributed by atoms with van der Waals surface area (Å²) in [6, 6.07) is 0. The van der Waals surface area contributed by atoms with Crippen molar-refractivity contribution in [1.29, 1.82) is 0 Å². The zero-order chi connectivity index (χ0) is 8.67. The van der Waals surface area contributed by atoms with Gasteiger partial charge in [-0.25, -0.2) is 0 Å². The molecule has 3 heterocycles. The fourth-order valence-corrected chi connectivity index (χ4v) is 3.02. The average molecular weight is 195 g/mol. The Bertz CT molecular complexity index is 301. The van der Waals surface area contributed by atoms with Gasteiger partial charge in [0.05, 0.1) is 18.1 Å². The molecule has 2 N–H and O–H groups in total. The van der Waals surface area contributed by atoms with E-state index in [0.717, 1.165) is 13.2 Å². The molecule has 3 rings (SSSR count). The van der Waals surface area contributed by atoms with Crippen LogP contribution in [0.4, 0.5) is 5.69 Å². The molecule has 70 valence electrons. The van der Waals surface area contributed by atoms with Crippen molar-refractivity contribution in [2.45, 2.75) is 18.8 Å². The summed E-state index contributed by atoms with van der Waals surface area (Å²) in [5.41, 5.74) is 4.32. The van der Waals surface area contributed by atoms with E-state index in [1.807, 2.05) is 11.8 Å². The lowest BCUT2D eigenvalue weighted by Crippen LogP contribution is -2.27. The predicted molar refractivity (Wildman–Crippen MR) is 55.9 cm³/mol. The van der Waals surface area contributed by atoms with Crippen LogP contribution in [0.15, 0.2) is 6.20 Å². The first-order chi connectivity index (χ1) is 6.45. The van der Waals surface area contributed by atoms with E-state index in [0.29, 0.717) is 0 Å². The van der Waals surface area contributed by atoms with Gasteiger partial charge in [0.25, 0.3) is 0 Å². The molecule has 3 nitrogen and oxygen atoms in total. The van der Waals surface area contributed by atoms with Crippen molar-refractivity contribution in [2.75, 3.05) is 17.7 Å². The summed E-state index contributed by atoms with van der Waals surface area (Å²) in [6.07, 6.45) is 2.30. The maximum Gasteiger partial charge on any atom is 0.0656 e. The minimum absolute atomic E-state index is 0.911. The highest BCUT2D eigenvalue weighted by Gasteiger charge is 2.19. The van der Waals surface area contributed by atoms with Crippen molar-refractivity contribution in [3.63, 3.8) is 0 Å². The molecule has 0 aromatic carbocycles. The molecule has 0 saturated heterocycles. The normalized spacial score (nSPS) is 20.3. The van der Waals surface area contributed by atoms with Crippen LogP contribution < -0.4 is 10.6 Å². The van der Waals surface area contributed by atoms with Gasteiger partial charge in [0, 0.05) is 36.4 Å². The lowest BCUT2D eigenvalue weighted by atomic mass is 10.2. The lowest BCUT2D eigenvalue weighted by molar-refractivity contribution is 0.708. The SMILES string of the molecule is c1c2c(c3n1CCSC3)NCNC2.